The van der Waals surface area contributed by atoms with Crippen LogP contribution in [-0.2, 0) is 10.0 Å². The first-order valence-electron chi connectivity index (χ1n) is 6.63. The number of nitrogens with zero attached hydrogens (tertiary/aromatic N) is 2. The van der Waals surface area contributed by atoms with E-state index in [1.54, 1.807) is 4.31 Å². The van der Waals surface area contributed by atoms with Gasteiger partial charge in [-0.1, -0.05) is 12.1 Å². The molecule has 1 aliphatic rings. The van der Waals surface area contributed by atoms with Crippen molar-refractivity contribution in [3.05, 3.63) is 28.7 Å². The molecule has 1 heterocycles. The molecule has 1 aromatic carbocycles. The summed E-state index contributed by atoms with van der Waals surface area (Å²) in [5, 5.41) is 3.38. The Labute approximate surface area is 129 Å². The zero-order chi connectivity index (χ0) is 14.6. The van der Waals surface area contributed by atoms with Crippen molar-refractivity contribution < 1.29 is 8.42 Å². The molecule has 0 aromatic heterocycles. The molecule has 0 bridgehead atoms. The Balaban J connectivity index is 1.73. The van der Waals surface area contributed by atoms with Gasteiger partial charge in [0.2, 0.25) is 10.0 Å². The number of nitrogens with one attached hydrogen (secondary N) is 1. The lowest BCUT2D eigenvalue weighted by Gasteiger charge is -2.33. The quantitative estimate of drug-likeness (QED) is 0.861. The van der Waals surface area contributed by atoms with Gasteiger partial charge in [0.25, 0.3) is 0 Å². The number of para-hydroxylation sites is 1. The van der Waals surface area contributed by atoms with E-state index >= 15 is 0 Å². The lowest BCUT2D eigenvalue weighted by atomic mass is 10.3. The van der Waals surface area contributed by atoms with Crippen molar-refractivity contribution in [1.29, 1.82) is 0 Å². The highest BCUT2D eigenvalue weighted by atomic mass is 79.9. The predicted octanol–water partition coefficient (Wildman–Crippen LogP) is 1.44. The number of benzene rings is 1. The normalized spacial score (nSPS) is 18.1. The predicted molar refractivity (Wildman–Crippen MR) is 85.5 cm³/mol. The maximum Gasteiger partial charge on any atom is 0.211 e. The van der Waals surface area contributed by atoms with Gasteiger partial charge < -0.3 is 5.32 Å². The van der Waals surface area contributed by atoms with Gasteiger partial charge in [0.05, 0.1) is 6.26 Å². The van der Waals surface area contributed by atoms with E-state index in [4.69, 9.17) is 0 Å². The van der Waals surface area contributed by atoms with Gasteiger partial charge >= 0.3 is 0 Å². The Kier molecular flexibility index (Phi) is 5.42. The lowest BCUT2D eigenvalue weighted by Crippen LogP contribution is -2.49. The summed E-state index contributed by atoms with van der Waals surface area (Å²) in [7, 11) is -3.03. The van der Waals surface area contributed by atoms with Crippen LogP contribution >= 0.6 is 15.9 Å². The Bertz CT molecular complexity index is 542. The van der Waals surface area contributed by atoms with Crippen molar-refractivity contribution in [1.82, 2.24) is 9.21 Å². The lowest BCUT2D eigenvalue weighted by molar-refractivity contribution is 0.195. The van der Waals surface area contributed by atoms with E-state index in [1.165, 1.54) is 6.26 Å². The summed E-state index contributed by atoms with van der Waals surface area (Å²) < 4.78 is 25.4. The monoisotopic (exact) mass is 361 g/mol. The molecule has 1 aromatic rings. The second-order valence-corrected chi connectivity index (χ2v) is 7.75. The van der Waals surface area contributed by atoms with E-state index in [2.05, 4.69) is 26.1 Å². The van der Waals surface area contributed by atoms with Crippen LogP contribution < -0.4 is 5.32 Å². The molecule has 112 valence electrons. The van der Waals surface area contributed by atoms with Gasteiger partial charge in [-0.05, 0) is 28.1 Å². The highest BCUT2D eigenvalue weighted by molar-refractivity contribution is 9.10. The molecule has 1 N–H and O–H groups in total. The van der Waals surface area contributed by atoms with Crippen LogP contribution in [0.3, 0.4) is 0 Å². The number of anilines is 1. The summed E-state index contributed by atoms with van der Waals surface area (Å²) in [4.78, 5) is 2.28. The van der Waals surface area contributed by atoms with Crippen molar-refractivity contribution in [2.75, 3.05) is 50.8 Å². The number of hydrogen-bond donors (Lipinski definition) is 1. The first-order chi connectivity index (χ1) is 9.47. The Morgan fingerprint density at radius 1 is 1.20 bits per heavy atom. The molecule has 5 nitrogen and oxygen atoms in total. The van der Waals surface area contributed by atoms with E-state index < -0.39 is 10.0 Å². The smallest absolute Gasteiger partial charge is 0.211 e. The minimum Gasteiger partial charge on any atom is -0.383 e. The molecule has 2 rings (SSSR count). The van der Waals surface area contributed by atoms with E-state index in [-0.39, 0.29) is 0 Å². The van der Waals surface area contributed by atoms with Crippen LogP contribution in [0.25, 0.3) is 0 Å². The third-order valence-electron chi connectivity index (χ3n) is 3.42. The third kappa shape index (κ3) is 4.44. The summed E-state index contributed by atoms with van der Waals surface area (Å²) in [5.74, 6) is 0. The minimum atomic E-state index is -3.03. The van der Waals surface area contributed by atoms with Gasteiger partial charge in [-0.3, -0.25) is 4.90 Å². The maximum absolute atomic E-state index is 11.4. The summed E-state index contributed by atoms with van der Waals surface area (Å²) in [5.41, 5.74) is 1.09. The van der Waals surface area contributed by atoms with Crippen LogP contribution in [0.4, 0.5) is 5.69 Å². The maximum atomic E-state index is 11.4. The standard InChI is InChI=1S/C13H20BrN3O2S/c1-20(18,19)17-10-8-16(9-11-17)7-6-15-13-5-3-2-4-12(13)14/h2-5,15H,6-11H2,1H3. The highest BCUT2D eigenvalue weighted by Gasteiger charge is 2.22. The van der Waals surface area contributed by atoms with E-state index in [1.807, 2.05) is 24.3 Å². The second kappa shape index (κ2) is 6.89. The molecule has 20 heavy (non-hydrogen) atoms. The van der Waals surface area contributed by atoms with Crippen molar-refractivity contribution in [2.24, 2.45) is 0 Å². The fourth-order valence-electron chi connectivity index (χ4n) is 2.24. The molecule has 1 aliphatic heterocycles. The molecule has 0 unspecified atom stereocenters. The molecule has 0 spiro atoms. The van der Waals surface area contributed by atoms with Crippen molar-refractivity contribution in [3.63, 3.8) is 0 Å². The molecule has 0 amide bonds. The molecule has 1 saturated heterocycles. The first kappa shape index (κ1) is 15.8. The molecule has 1 fully saturated rings. The summed E-state index contributed by atoms with van der Waals surface area (Å²) in [6.07, 6.45) is 1.27. The van der Waals surface area contributed by atoms with Crippen LogP contribution in [0.2, 0.25) is 0 Å². The van der Waals surface area contributed by atoms with Gasteiger partial charge in [0.1, 0.15) is 0 Å². The topological polar surface area (TPSA) is 52.7 Å². The van der Waals surface area contributed by atoms with Crippen LogP contribution in [0.15, 0.2) is 28.7 Å². The van der Waals surface area contributed by atoms with Crippen LogP contribution in [0.5, 0.6) is 0 Å². The number of halogens is 1. The zero-order valence-corrected chi connectivity index (χ0v) is 14.0. The third-order valence-corrected chi connectivity index (χ3v) is 5.41. The highest BCUT2D eigenvalue weighted by Crippen LogP contribution is 2.20. The zero-order valence-electron chi connectivity index (χ0n) is 11.5. The van der Waals surface area contributed by atoms with Crippen LogP contribution in [-0.4, -0.2) is 63.1 Å². The number of sulfonamides is 1. The molecule has 0 radical (unpaired) electrons. The van der Waals surface area contributed by atoms with Crippen molar-refractivity contribution >= 4 is 31.6 Å². The SMILES string of the molecule is CS(=O)(=O)N1CCN(CCNc2ccccc2Br)CC1. The van der Waals surface area contributed by atoms with Gasteiger partial charge in [-0.25, -0.2) is 8.42 Å². The average molecular weight is 362 g/mol. The van der Waals surface area contributed by atoms with Crippen LogP contribution in [0.1, 0.15) is 0 Å². The second-order valence-electron chi connectivity index (χ2n) is 4.91. The molecule has 0 saturated carbocycles. The molecule has 7 heteroatoms. The summed E-state index contributed by atoms with van der Waals surface area (Å²) >= 11 is 3.50. The first-order valence-corrected chi connectivity index (χ1v) is 9.27. The Morgan fingerprint density at radius 3 is 2.45 bits per heavy atom. The fourth-order valence-corrected chi connectivity index (χ4v) is 3.49. The van der Waals surface area contributed by atoms with Crippen LogP contribution in [0, 0.1) is 0 Å². The van der Waals surface area contributed by atoms with Crippen molar-refractivity contribution in [2.45, 2.75) is 0 Å². The van der Waals surface area contributed by atoms with Gasteiger partial charge in [-0.2, -0.15) is 4.31 Å². The number of hydrogen-bond acceptors (Lipinski definition) is 4. The van der Waals surface area contributed by atoms with E-state index in [9.17, 15) is 8.42 Å². The molecule has 0 atom stereocenters. The Morgan fingerprint density at radius 2 is 1.85 bits per heavy atom. The largest absolute Gasteiger partial charge is 0.383 e. The van der Waals surface area contributed by atoms with Gasteiger partial charge in [0.15, 0.2) is 0 Å². The van der Waals surface area contributed by atoms with E-state index in [0.29, 0.717) is 13.1 Å². The number of piperazine rings is 1. The van der Waals surface area contributed by atoms with Gasteiger partial charge in [-0.15, -0.1) is 0 Å². The fraction of sp³-hybridized carbons (Fsp3) is 0.538. The number of rotatable bonds is 5. The van der Waals surface area contributed by atoms with E-state index in [0.717, 1.165) is 36.3 Å². The Hall–Kier alpha value is -0.630. The minimum absolute atomic E-state index is 0.591. The average Bonchev–Trinajstić information content (AvgIpc) is 2.40. The molecular formula is C13H20BrN3O2S. The van der Waals surface area contributed by atoms with Gasteiger partial charge in [0, 0.05) is 49.4 Å². The molecular weight excluding hydrogens is 342 g/mol. The summed E-state index contributed by atoms with van der Waals surface area (Å²) in [6, 6.07) is 8.02. The van der Waals surface area contributed by atoms with Crippen molar-refractivity contribution in [3.8, 4) is 0 Å². The summed E-state index contributed by atoms with van der Waals surface area (Å²) in [6.45, 7) is 4.54. The molecule has 0 aliphatic carbocycles.